The maximum atomic E-state index is 12.5. The van der Waals surface area contributed by atoms with Crippen molar-refractivity contribution in [2.45, 2.75) is 39.0 Å². The molecule has 0 spiro atoms. The van der Waals surface area contributed by atoms with Gasteiger partial charge >= 0.3 is 0 Å². The van der Waals surface area contributed by atoms with E-state index in [9.17, 15) is 9.59 Å². The number of fused-ring (bicyclic) bond motifs is 2. The molecular formula is C18H23NO3. The third kappa shape index (κ3) is 3.16. The number of ketones is 1. The predicted molar refractivity (Wildman–Crippen MR) is 84.8 cm³/mol. The summed E-state index contributed by atoms with van der Waals surface area (Å²) in [7, 11) is 0. The first kappa shape index (κ1) is 15.1. The monoisotopic (exact) mass is 301 g/mol. The Morgan fingerprint density at radius 2 is 1.82 bits per heavy atom. The first-order valence-electron chi connectivity index (χ1n) is 8.25. The molecule has 4 heteroatoms. The quantitative estimate of drug-likeness (QED) is 0.927. The van der Waals surface area contributed by atoms with E-state index in [4.69, 9.17) is 4.74 Å². The lowest BCUT2D eigenvalue weighted by Gasteiger charge is -2.36. The fraction of sp³-hybridized carbons (Fsp3) is 0.556. The highest BCUT2D eigenvalue weighted by atomic mass is 16.5. The number of carbonyl (C=O) groups excluding carboxylic acids is 2. The molecule has 2 bridgehead atoms. The molecule has 0 aromatic heterocycles. The second-order valence-electron chi connectivity index (χ2n) is 6.34. The molecule has 0 aliphatic heterocycles. The smallest absolute Gasteiger partial charge is 0.227 e. The number of nitrogens with one attached hydrogen (secondary N) is 1. The van der Waals surface area contributed by atoms with Crippen molar-refractivity contribution in [1.82, 2.24) is 0 Å². The van der Waals surface area contributed by atoms with Crippen molar-refractivity contribution in [3.63, 3.8) is 0 Å². The summed E-state index contributed by atoms with van der Waals surface area (Å²) in [5.74, 6) is 1.45. The highest BCUT2D eigenvalue weighted by Gasteiger charge is 2.41. The SMILES string of the molecule is CCOc1ccc(NC(=O)C2C[C@H]3CCC[C@H](C2)C3=O)cc1. The second-order valence-corrected chi connectivity index (χ2v) is 6.34. The first-order valence-corrected chi connectivity index (χ1v) is 8.25. The van der Waals surface area contributed by atoms with Gasteiger partial charge in [-0.05, 0) is 56.9 Å². The van der Waals surface area contributed by atoms with Gasteiger partial charge < -0.3 is 10.1 Å². The van der Waals surface area contributed by atoms with Crippen LogP contribution in [0.2, 0.25) is 0 Å². The van der Waals surface area contributed by atoms with Gasteiger partial charge in [0, 0.05) is 23.4 Å². The predicted octanol–water partition coefficient (Wildman–Crippen LogP) is 3.42. The number of benzene rings is 1. The molecule has 0 unspecified atom stereocenters. The van der Waals surface area contributed by atoms with Gasteiger partial charge in [-0.25, -0.2) is 0 Å². The molecule has 2 aliphatic rings. The Morgan fingerprint density at radius 3 is 2.41 bits per heavy atom. The van der Waals surface area contributed by atoms with Crippen molar-refractivity contribution < 1.29 is 14.3 Å². The number of ether oxygens (including phenoxy) is 1. The van der Waals surface area contributed by atoms with Crippen LogP contribution < -0.4 is 10.1 Å². The molecule has 118 valence electrons. The Balaban J connectivity index is 1.61. The average molecular weight is 301 g/mol. The zero-order valence-corrected chi connectivity index (χ0v) is 13.0. The summed E-state index contributed by atoms with van der Waals surface area (Å²) in [6, 6.07) is 7.44. The van der Waals surface area contributed by atoms with Gasteiger partial charge in [-0.2, -0.15) is 0 Å². The zero-order valence-electron chi connectivity index (χ0n) is 13.0. The van der Waals surface area contributed by atoms with E-state index < -0.39 is 0 Å². The maximum absolute atomic E-state index is 12.5. The molecule has 0 saturated heterocycles. The minimum absolute atomic E-state index is 0.0282. The van der Waals surface area contributed by atoms with E-state index in [1.807, 2.05) is 31.2 Å². The Bertz CT molecular complexity index is 536. The van der Waals surface area contributed by atoms with Crippen LogP contribution in [-0.2, 0) is 9.59 Å². The Hall–Kier alpha value is -1.84. The molecule has 2 saturated carbocycles. The number of hydrogen-bond donors (Lipinski definition) is 1. The lowest BCUT2D eigenvalue weighted by Crippen LogP contribution is -2.40. The standard InChI is InChI=1S/C18H23NO3/c1-2-22-16-8-6-15(7-9-16)19-18(21)14-10-12-4-3-5-13(11-14)17(12)20/h6-9,12-14H,2-5,10-11H2,1H3,(H,19,21)/t12-,13-/m1/s1. The molecule has 2 aliphatic carbocycles. The summed E-state index contributed by atoms with van der Waals surface area (Å²) in [4.78, 5) is 24.5. The summed E-state index contributed by atoms with van der Waals surface area (Å²) in [5, 5.41) is 2.98. The number of carbonyl (C=O) groups is 2. The van der Waals surface area contributed by atoms with E-state index >= 15 is 0 Å². The molecule has 0 heterocycles. The van der Waals surface area contributed by atoms with E-state index in [-0.39, 0.29) is 23.7 Å². The van der Waals surface area contributed by atoms with Gasteiger partial charge in [0.2, 0.25) is 5.91 Å². The first-order chi connectivity index (χ1) is 10.7. The van der Waals surface area contributed by atoms with Gasteiger partial charge in [0.1, 0.15) is 11.5 Å². The van der Waals surface area contributed by atoms with Gasteiger partial charge in [-0.15, -0.1) is 0 Å². The van der Waals surface area contributed by atoms with Crippen LogP contribution >= 0.6 is 0 Å². The topological polar surface area (TPSA) is 55.4 Å². The van der Waals surface area contributed by atoms with Gasteiger partial charge in [-0.1, -0.05) is 6.42 Å². The lowest BCUT2D eigenvalue weighted by atomic mass is 9.67. The van der Waals surface area contributed by atoms with Crippen LogP contribution in [0.25, 0.3) is 0 Å². The molecule has 1 N–H and O–H groups in total. The minimum atomic E-state index is -0.0282. The Labute approximate surface area is 131 Å². The van der Waals surface area contributed by atoms with Crippen LogP contribution in [-0.4, -0.2) is 18.3 Å². The van der Waals surface area contributed by atoms with Crippen molar-refractivity contribution in [3.8, 4) is 5.75 Å². The molecular weight excluding hydrogens is 278 g/mol. The van der Waals surface area contributed by atoms with Crippen LogP contribution in [0.15, 0.2) is 24.3 Å². The van der Waals surface area contributed by atoms with Crippen LogP contribution in [0.5, 0.6) is 5.75 Å². The highest BCUT2D eigenvalue weighted by molar-refractivity contribution is 5.95. The minimum Gasteiger partial charge on any atom is -0.494 e. The van der Waals surface area contributed by atoms with Crippen LogP contribution in [0, 0.1) is 17.8 Å². The maximum Gasteiger partial charge on any atom is 0.227 e. The number of anilines is 1. The number of hydrogen-bond acceptors (Lipinski definition) is 3. The molecule has 0 radical (unpaired) electrons. The van der Waals surface area contributed by atoms with Gasteiger partial charge in [0.05, 0.1) is 6.61 Å². The van der Waals surface area contributed by atoms with Crippen molar-refractivity contribution in [2.75, 3.05) is 11.9 Å². The molecule has 3 rings (SSSR count). The lowest BCUT2D eigenvalue weighted by molar-refractivity contribution is -0.136. The second kappa shape index (κ2) is 6.51. The van der Waals surface area contributed by atoms with E-state index in [1.54, 1.807) is 0 Å². The third-order valence-electron chi connectivity index (χ3n) is 4.85. The van der Waals surface area contributed by atoms with Gasteiger partial charge in [-0.3, -0.25) is 9.59 Å². The van der Waals surface area contributed by atoms with E-state index in [0.29, 0.717) is 12.4 Å². The largest absolute Gasteiger partial charge is 0.494 e. The van der Waals surface area contributed by atoms with Crippen molar-refractivity contribution >= 4 is 17.4 Å². The number of rotatable bonds is 4. The van der Waals surface area contributed by atoms with Gasteiger partial charge in [0.15, 0.2) is 0 Å². The van der Waals surface area contributed by atoms with Crippen molar-refractivity contribution in [1.29, 1.82) is 0 Å². The zero-order chi connectivity index (χ0) is 15.5. The van der Waals surface area contributed by atoms with Crippen molar-refractivity contribution in [3.05, 3.63) is 24.3 Å². The molecule has 2 atom stereocenters. The Morgan fingerprint density at radius 1 is 1.18 bits per heavy atom. The fourth-order valence-electron chi connectivity index (χ4n) is 3.74. The van der Waals surface area contributed by atoms with Crippen molar-refractivity contribution in [2.24, 2.45) is 17.8 Å². The fourth-order valence-corrected chi connectivity index (χ4v) is 3.74. The molecule has 1 aromatic carbocycles. The Kier molecular flexibility index (Phi) is 4.46. The molecule has 1 amide bonds. The summed E-state index contributed by atoms with van der Waals surface area (Å²) < 4.78 is 5.39. The number of Topliss-reactive ketones (excluding diaryl/α,β-unsaturated/α-hetero) is 1. The molecule has 1 aromatic rings. The van der Waals surface area contributed by atoms with Crippen LogP contribution in [0.1, 0.15) is 39.0 Å². The summed E-state index contributed by atoms with van der Waals surface area (Å²) in [6.07, 6.45) is 4.50. The van der Waals surface area contributed by atoms with E-state index in [0.717, 1.165) is 43.5 Å². The summed E-state index contributed by atoms with van der Waals surface area (Å²) >= 11 is 0. The third-order valence-corrected chi connectivity index (χ3v) is 4.85. The normalized spacial score (nSPS) is 27.3. The molecule has 4 nitrogen and oxygen atoms in total. The molecule has 2 fully saturated rings. The average Bonchev–Trinajstić information content (AvgIpc) is 2.49. The highest BCUT2D eigenvalue weighted by Crippen LogP contribution is 2.40. The summed E-state index contributed by atoms with van der Waals surface area (Å²) in [6.45, 7) is 2.57. The van der Waals surface area contributed by atoms with Gasteiger partial charge in [0.25, 0.3) is 0 Å². The van der Waals surface area contributed by atoms with Crippen LogP contribution in [0.4, 0.5) is 5.69 Å². The van der Waals surface area contributed by atoms with E-state index in [1.165, 1.54) is 0 Å². The van der Waals surface area contributed by atoms with E-state index in [2.05, 4.69) is 5.32 Å². The van der Waals surface area contributed by atoms with Crippen LogP contribution in [0.3, 0.4) is 0 Å². The molecule has 22 heavy (non-hydrogen) atoms. The number of amides is 1. The summed E-state index contributed by atoms with van der Waals surface area (Å²) in [5.41, 5.74) is 0.788.